The van der Waals surface area contributed by atoms with E-state index in [4.69, 9.17) is 12.2 Å². The zero-order valence-corrected chi connectivity index (χ0v) is 9.11. The van der Waals surface area contributed by atoms with Crippen LogP contribution in [0, 0.1) is 17.6 Å². The van der Waals surface area contributed by atoms with Gasteiger partial charge in [0.25, 0.3) is 0 Å². The monoisotopic (exact) mass is 197 g/mol. The molecule has 0 radical (unpaired) electrons. The van der Waals surface area contributed by atoms with Crippen LogP contribution in [0.4, 0.5) is 0 Å². The first-order valence-electron chi connectivity index (χ1n) is 4.68. The van der Waals surface area contributed by atoms with Crippen LogP contribution in [0.1, 0.15) is 32.5 Å². The van der Waals surface area contributed by atoms with Crippen molar-refractivity contribution in [1.29, 1.82) is 0 Å². The second-order valence-corrected chi connectivity index (χ2v) is 4.73. The summed E-state index contributed by atoms with van der Waals surface area (Å²) in [5, 5.41) is 6.98. The number of aromatic amines is 1. The Kier molecular flexibility index (Phi) is 1.84. The van der Waals surface area contributed by atoms with E-state index >= 15 is 0 Å². The van der Waals surface area contributed by atoms with Crippen LogP contribution in [-0.4, -0.2) is 14.8 Å². The van der Waals surface area contributed by atoms with E-state index in [1.807, 2.05) is 6.92 Å². The molecule has 0 spiro atoms. The Balaban J connectivity index is 2.49. The van der Waals surface area contributed by atoms with Gasteiger partial charge in [0, 0.05) is 5.54 Å². The summed E-state index contributed by atoms with van der Waals surface area (Å²) in [6, 6.07) is 0. The molecule has 0 aliphatic heterocycles. The molecule has 0 bridgehead atoms. The normalized spacial score (nSPS) is 17.8. The Labute approximate surface area is 83.2 Å². The van der Waals surface area contributed by atoms with Crippen molar-refractivity contribution in [3.8, 4) is 0 Å². The highest BCUT2D eigenvalue weighted by Crippen LogP contribution is 2.44. The molecule has 1 aromatic rings. The minimum Gasteiger partial charge on any atom is -0.298 e. The molecule has 3 nitrogen and oxygen atoms in total. The third kappa shape index (κ3) is 1.33. The molecule has 1 aromatic heterocycles. The predicted molar refractivity (Wildman–Crippen MR) is 54.2 cm³/mol. The van der Waals surface area contributed by atoms with Crippen molar-refractivity contribution in [1.82, 2.24) is 14.8 Å². The molecule has 2 rings (SSSR count). The van der Waals surface area contributed by atoms with Crippen LogP contribution >= 0.6 is 12.2 Å². The molecule has 1 N–H and O–H groups in total. The average Bonchev–Trinajstić information content (AvgIpc) is 2.79. The molecule has 0 saturated heterocycles. The molecular weight excluding hydrogens is 182 g/mol. The molecule has 0 aromatic carbocycles. The van der Waals surface area contributed by atoms with Crippen molar-refractivity contribution in [3.05, 3.63) is 10.6 Å². The summed E-state index contributed by atoms with van der Waals surface area (Å²) in [5.41, 5.74) is 0.133. The van der Waals surface area contributed by atoms with E-state index in [0.29, 0.717) is 0 Å². The standard InChI is InChI=1S/C9H15N3S/c1-6-10-11-8(13)12(6)9(2,3)7-4-5-7/h7H,4-5H2,1-3H3,(H,11,13). The Hall–Kier alpha value is -0.640. The van der Waals surface area contributed by atoms with E-state index in [2.05, 4.69) is 28.6 Å². The molecule has 0 unspecified atom stereocenters. The topological polar surface area (TPSA) is 33.6 Å². The third-order valence-corrected chi connectivity index (χ3v) is 3.27. The van der Waals surface area contributed by atoms with Gasteiger partial charge in [-0.3, -0.25) is 9.67 Å². The van der Waals surface area contributed by atoms with Crippen molar-refractivity contribution < 1.29 is 0 Å². The quantitative estimate of drug-likeness (QED) is 0.739. The van der Waals surface area contributed by atoms with Gasteiger partial charge in [0.1, 0.15) is 5.82 Å². The van der Waals surface area contributed by atoms with Gasteiger partial charge in [-0.2, -0.15) is 5.10 Å². The van der Waals surface area contributed by atoms with Gasteiger partial charge >= 0.3 is 0 Å². The highest BCUT2D eigenvalue weighted by Gasteiger charge is 2.40. The number of aromatic nitrogens is 3. The summed E-state index contributed by atoms with van der Waals surface area (Å²) >= 11 is 5.21. The molecule has 0 atom stereocenters. The largest absolute Gasteiger partial charge is 0.298 e. The summed E-state index contributed by atoms with van der Waals surface area (Å²) in [5.74, 6) is 1.76. The molecule has 1 saturated carbocycles. The maximum absolute atomic E-state index is 5.21. The highest BCUT2D eigenvalue weighted by molar-refractivity contribution is 7.71. The Morgan fingerprint density at radius 2 is 2.15 bits per heavy atom. The molecule has 4 heteroatoms. The van der Waals surface area contributed by atoms with Crippen molar-refractivity contribution in [3.63, 3.8) is 0 Å². The van der Waals surface area contributed by atoms with Crippen molar-refractivity contribution in [2.45, 2.75) is 39.2 Å². The van der Waals surface area contributed by atoms with Crippen LogP contribution in [0.5, 0.6) is 0 Å². The fourth-order valence-electron chi connectivity index (χ4n) is 2.03. The van der Waals surface area contributed by atoms with Gasteiger partial charge in [0.2, 0.25) is 0 Å². The molecular formula is C9H15N3S. The Bertz CT molecular complexity index is 370. The van der Waals surface area contributed by atoms with Crippen molar-refractivity contribution in [2.75, 3.05) is 0 Å². The molecule has 72 valence electrons. The minimum atomic E-state index is 0.133. The summed E-state index contributed by atoms with van der Waals surface area (Å²) in [6.45, 7) is 6.47. The van der Waals surface area contributed by atoms with Gasteiger partial charge in [0.05, 0.1) is 0 Å². The first kappa shape index (κ1) is 8.94. The van der Waals surface area contributed by atoms with E-state index in [-0.39, 0.29) is 5.54 Å². The second kappa shape index (κ2) is 2.67. The molecule has 1 aliphatic carbocycles. The van der Waals surface area contributed by atoms with Crippen LogP contribution in [0.2, 0.25) is 0 Å². The van der Waals surface area contributed by atoms with Crippen LogP contribution in [0.25, 0.3) is 0 Å². The number of H-pyrrole nitrogens is 1. The van der Waals surface area contributed by atoms with Gasteiger partial charge in [-0.25, -0.2) is 0 Å². The first-order chi connectivity index (χ1) is 6.03. The fraction of sp³-hybridized carbons (Fsp3) is 0.778. The smallest absolute Gasteiger partial charge is 0.195 e. The summed E-state index contributed by atoms with van der Waals surface area (Å²) in [7, 11) is 0. The number of rotatable bonds is 2. The summed E-state index contributed by atoms with van der Waals surface area (Å²) < 4.78 is 2.88. The Morgan fingerprint density at radius 1 is 1.54 bits per heavy atom. The lowest BCUT2D eigenvalue weighted by molar-refractivity contribution is 0.294. The van der Waals surface area contributed by atoms with Crippen molar-refractivity contribution >= 4 is 12.2 Å². The molecule has 13 heavy (non-hydrogen) atoms. The SMILES string of the molecule is Cc1n[nH]c(=S)n1C(C)(C)C1CC1. The number of nitrogens with one attached hydrogen (secondary N) is 1. The van der Waals surface area contributed by atoms with E-state index in [0.717, 1.165) is 16.5 Å². The zero-order valence-electron chi connectivity index (χ0n) is 8.29. The van der Waals surface area contributed by atoms with Gasteiger partial charge in [-0.05, 0) is 51.7 Å². The van der Waals surface area contributed by atoms with E-state index in [1.54, 1.807) is 0 Å². The van der Waals surface area contributed by atoms with Crippen molar-refractivity contribution in [2.24, 2.45) is 5.92 Å². The van der Waals surface area contributed by atoms with E-state index < -0.39 is 0 Å². The Morgan fingerprint density at radius 3 is 2.54 bits per heavy atom. The first-order valence-corrected chi connectivity index (χ1v) is 5.09. The second-order valence-electron chi connectivity index (χ2n) is 4.34. The van der Waals surface area contributed by atoms with Gasteiger partial charge < -0.3 is 0 Å². The van der Waals surface area contributed by atoms with E-state index in [1.165, 1.54) is 12.8 Å². The maximum Gasteiger partial charge on any atom is 0.195 e. The van der Waals surface area contributed by atoms with E-state index in [9.17, 15) is 0 Å². The molecule has 1 fully saturated rings. The molecule has 0 amide bonds. The predicted octanol–water partition coefficient (Wildman–Crippen LogP) is 2.39. The fourth-order valence-corrected chi connectivity index (χ4v) is 2.44. The van der Waals surface area contributed by atoms with Gasteiger partial charge in [-0.15, -0.1) is 0 Å². The number of nitrogens with zero attached hydrogens (tertiary/aromatic N) is 2. The summed E-state index contributed by atoms with van der Waals surface area (Å²) in [4.78, 5) is 0. The number of hydrogen-bond acceptors (Lipinski definition) is 2. The van der Waals surface area contributed by atoms with Crippen LogP contribution in [-0.2, 0) is 5.54 Å². The summed E-state index contributed by atoms with van der Waals surface area (Å²) in [6.07, 6.45) is 2.64. The minimum absolute atomic E-state index is 0.133. The molecule has 1 aliphatic rings. The lowest BCUT2D eigenvalue weighted by Crippen LogP contribution is -2.29. The van der Waals surface area contributed by atoms with Gasteiger partial charge in [0.15, 0.2) is 4.77 Å². The third-order valence-electron chi connectivity index (χ3n) is 2.99. The number of hydrogen-bond donors (Lipinski definition) is 1. The zero-order chi connectivity index (χ0) is 9.64. The van der Waals surface area contributed by atoms with Crippen LogP contribution in [0.3, 0.4) is 0 Å². The van der Waals surface area contributed by atoms with Gasteiger partial charge in [-0.1, -0.05) is 0 Å². The van der Waals surface area contributed by atoms with Crippen LogP contribution < -0.4 is 0 Å². The average molecular weight is 197 g/mol. The van der Waals surface area contributed by atoms with Crippen LogP contribution in [0.15, 0.2) is 0 Å². The lowest BCUT2D eigenvalue weighted by atomic mass is 9.98. The number of aryl methyl sites for hydroxylation is 1. The maximum atomic E-state index is 5.21. The highest BCUT2D eigenvalue weighted by atomic mass is 32.1. The lowest BCUT2D eigenvalue weighted by Gasteiger charge is -2.27. The molecule has 1 heterocycles.